The van der Waals surface area contributed by atoms with Gasteiger partial charge in [-0.3, -0.25) is 0 Å². The van der Waals surface area contributed by atoms with Crippen molar-refractivity contribution in [3.63, 3.8) is 0 Å². The maximum absolute atomic E-state index is 3.79. The molecule has 1 aliphatic carbocycles. The lowest BCUT2D eigenvalue weighted by Gasteiger charge is -2.12. The van der Waals surface area contributed by atoms with Gasteiger partial charge in [0.25, 0.3) is 0 Å². The largest absolute Gasteiger partial charge is 0.102 e. The molecule has 0 aromatic carbocycles. The van der Waals surface area contributed by atoms with E-state index in [1.54, 1.807) is 0 Å². The fraction of sp³-hybridized carbons (Fsp3) is 0.600. The molecule has 0 spiro atoms. The molecule has 10 heavy (non-hydrogen) atoms. The highest BCUT2D eigenvalue weighted by Gasteiger charge is 2.18. The predicted octanol–water partition coefficient (Wildman–Crippen LogP) is 3.02. The van der Waals surface area contributed by atoms with Gasteiger partial charge in [0.2, 0.25) is 0 Å². The summed E-state index contributed by atoms with van der Waals surface area (Å²) in [7, 11) is 0. The summed E-state index contributed by atoms with van der Waals surface area (Å²) in [6, 6.07) is 0. The van der Waals surface area contributed by atoms with Crippen LogP contribution in [-0.4, -0.2) is 0 Å². The van der Waals surface area contributed by atoms with Crippen LogP contribution in [0.25, 0.3) is 0 Å². The summed E-state index contributed by atoms with van der Waals surface area (Å²) >= 11 is 0. The van der Waals surface area contributed by atoms with Crippen LogP contribution in [-0.2, 0) is 0 Å². The van der Waals surface area contributed by atoms with Crippen LogP contribution in [0.5, 0.6) is 0 Å². The monoisotopic (exact) mass is 136 g/mol. The molecule has 2 atom stereocenters. The quantitative estimate of drug-likeness (QED) is 0.512. The van der Waals surface area contributed by atoms with Gasteiger partial charge in [0.15, 0.2) is 0 Å². The second-order valence-electron chi connectivity index (χ2n) is 3.43. The van der Waals surface area contributed by atoms with Gasteiger partial charge in [-0.2, -0.15) is 0 Å². The van der Waals surface area contributed by atoms with Gasteiger partial charge in [-0.05, 0) is 24.2 Å². The molecule has 0 bridgehead atoms. The third-order valence-corrected chi connectivity index (χ3v) is 2.31. The molecule has 0 unspecified atom stereocenters. The van der Waals surface area contributed by atoms with Crippen molar-refractivity contribution in [3.05, 3.63) is 24.8 Å². The zero-order valence-electron chi connectivity index (χ0n) is 6.88. The molecule has 0 nitrogen and oxygen atoms in total. The summed E-state index contributed by atoms with van der Waals surface area (Å²) in [4.78, 5) is 0. The van der Waals surface area contributed by atoms with Crippen molar-refractivity contribution < 1.29 is 0 Å². The van der Waals surface area contributed by atoms with Crippen LogP contribution in [0.4, 0.5) is 0 Å². The van der Waals surface area contributed by atoms with Crippen LogP contribution in [0.1, 0.15) is 20.3 Å². The Morgan fingerprint density at radius 3 is 2.50 bits per heavy atom. The van der Waals surface area contributed by atoms with Crippen LogP contribution in [0, 0.1) is 17.8 Å². The van der Waals surface area contributed by atoms with E-state index in [1.165, 1.54) is 6.42 Å². The van der Waals surface area contributed by atoms with Crippen LogP contribution in [0.15, 0.2) is 24.8 Å². The van der Waals surface area contributed by atoms with Gasteiger partial charge < -0.3 is 0 Å². The molecule has 0 heteroatoms. The first-order valence-electron chi connectivity index (χ1n) is 4.05. The van der Waals surface area contributed by atoms with Crippen molar-refractivity contribution in [2.24, 2.45) is 17.8 Å². The molecule has 0 radical (unpaired) electrons. The van der Waals surface area contributed by atoms with Gasteiger partial charge in [0.05, 0.1) is 0 Å². The van der Waals surface area contributed by atoms with Crippen molar-refractivity contribution in [1.82, 2.24) is 0 Å². The summed E-state index contributed by atoms with van der Waals surface area (Å²) in [5, 5.41) is 0. The Hall–Kier alpha value is -0.520. The standard InChI is InChI=1S/C10H16/c1-4-9-5-6-10(7-9)8(2)3/h4-6,8-10H,1,7H2,2-3H3/t9-,10-/m0/s1. The summed E-state index contributed by atoms with van der Waals surface area (Å²) < 4.78 is 0. The Kier molecular flexibility index (Phi) is 2.31. The van der Waals surface area contributed by atoms with Crippen molar-refractivity contribution in [3.8, 4) is 0 Å². The average Bonchev–Trinajstić information content (AvgIpc) is 2.34. The molecule has 0 aromatic rings. The van der Waals surface area contributed by atoms with Crippen LogP contribution in [0.3, 0.4) is 0 Å². The normalized spacial score (nSPS) is 31.5. The molecular weight excluding hydrogens is 120 g/mol. The second kappa shape index (κ2) is 3.05. The van der Waals surface area contributed by atoms with Gasteiger partial charge in [-0.25, -0.2) is 0 Å². The van der Waals surface area contributed by atoms with E-state index in [1.807, 2.05) is 6.08 Å². The van der Waals surface area contributed by atoms with Crippen LogP contribution < -0.4 is 0 Å². The minimum Gasteiger partial charge on any atom is -0.102 e. The highest BCUT2D eigenvalue weighted by Crippen LogP contribution is 2.29. The fourth-order valence-corrected chi connectivity index (χ4v) is 1.43. The number of allylic oxidation sites excluding steroid dienone is 3. The molecule has 0 fully saturated rings. The first kappa shape index (κ1) is 7.59. The number of rotatable bonds is 2. The Morgan fingerprint density at radius 2 is 2.20 bits per heavy atom. The Morgan fingerprint density at radius 1 is 1.50 bits per heavy atom. The zero-order chi connectivity index (χ0) is 7.56. The van der Waals surface area contributed by atoms with E-state index in [2.05, 4.69) is 32.6 Å². The maximum Gasteiger partial charge on any atom is -0.00504 e. The number of hydrogen-bond acceptors (Lipinski definition) is 0. The van der Waals surface area contributed by atoms with Crippen LogP contribution in [0.2, 0.25) is 0 Å². The van der Waals surface area contributed by atoms with Crippen LogP contribution >= 0.6 is 0 Å². The Bertz CT molecular complexity index is 142. The molecule has 1 aliphatic rings. The number of hydrogen-bond donors (Lipinski definition) is 0. The van der Waals surface area contributed by atoms with E-state index in [-0.39, 0.29) is 0 Å². The fourth-order valence-electron chi connectivity index (χ4n) is 1.43. The molecule has 0 saturated heterocycles. The van der Waals surface area contributed by atoms with E-state index in [0.29, 0.717) is 5.92 Å². The first-order valence-corrected chi connectivity index (χ1v) is 4.05. The van der Waals surface area contributed by atoms with Crippen molar-refractivity contribution in [2.45, 2.75) is 20.3 Å². The molecule has 1 rings (SSSR count). The third-order valence-electron chi connectivity index (χ3n) is 2.31. The van der Waals surface area contributed by atoms with Gasteiger partial charge in [0, 0.05) is 0 Å². The summed E-state index contributed by atoms with van der Waals surface area (Å²) in [6.45, 7) is 8.34. The molecule has 0 saturated carbocycles. The van der Waals surface area contributed by atoms with E-state index in [9.17, 15) is 0 Å². The molecule has 56 valence electrons. The van der Waals surface area contributed by atoms with Gasteiger partial charge >= 0.3 is 0 Å². The molecule has 0 amide bonds. The van der Waals surface area contributed by atoms with Gasteiger partial charge in [-0.15, -0.1) is 6.58 Å². The van der Waals surface area contributed by atoms with E-state index in [0.717, 1.165) is 11.8 Å². The minimum atomic E-state index is 0.646. The highest BCUT2D eigenvalue weighted by molar-refractivity contribution is 5.08. The molecule has 0 heterocycles. The van der Waals surface area contributed by atoms with E-state index in [4.69, 9.17) is 0 Å². The SMILES string of the molecule is C=C[C@H]1C=C[C@H](C(C)C)C1. The molecular formula is C10H16. The Balaban J connectivity index is 2.45. The predicted molar refractivity (Wildman–Crippen MR) is 45.8 cm³/mol. The Labute approximate surface area is 63.6 Å². The lowest BCUT2D eigenvalue weighted by molar-refractivity contribution is 0.437. The van der Waals surface area contributed by atoms with Crippen molar-refractivity contribution in [2.75, 3.05) is 0 Å². The molecule has 0 N–H and O–H groups in total. The minimum absolute atomic E-state index is 0.646. The topological polar surface area (TPSA) is 0 Å². The van der Waals surface area contributed by atoms with Gasteiger partial charge in [0.1, 0.15) is 0 Å². The smallest absolute Gasteiger partial charge is 0.00504 e. The summed E-state index contributed by atoms with van der Waals surface area (Å²) in [5.74, 6) is 2.23. The zero-order valence-corrected chi connectivity index (χ0v) is 6.88. The molecule has 0 aliphatic heterocycles. The highest BCUT2D eigenvalue weighted by atomic mass is 14.2. The van der Waals surface area contributed by atoms with E-state index < -0.39 is 0 Å². The maximum atomic E-state index is 3.79. The van der Waals surface area contributed by atoms with Gasteiger partial charge in [-0.1, -0.05) is 32.1 Å². The lowest BCUT2D eigenvalue weighted by Crippen LogP contribution is -2.03. The lowest BCUT2D eigenvalue weighted by atomic mass is 9.93. The second-order valence-corrected chi connectivity index (χ2v) is 3.43. The first-order chi connectivity index (χ1) is 4.74. The third kappa shape index (κ3) is 1.50. The average molecular weight is 136 g/mol. The van der Waals surface area contributed by atoms with Crippen molar-refractivity contribution in [1.29, 1.82) is 0 Å². The van der Waals surface area contributed by atoms with E-state index >= 15 is 0 Å². The van der Waals surface area contributed by atoms with Crippen molar-refractivity contribution >= 4 is 0 Å². The molecule has 0 aromatic heterocycles. The summed E-state index contributed by atoms with van der Waals surface area (Å²) in [6.07, 6.45) is 7.93. The summed E-state index contributed by atoms with van der Waals surface area (Å²) in [5.41, 5.74) is 0.